The Hall–Kier alpha value is -3.23. The van der Waals surface area contributed by atoms with Crippen molar-refractivity contribution in [3.05, 3.63) is 61.7 Å². The Balaban J connectivity index is 2.43. The van der Waals surface area contributed by atoms with Crippen LogP contribution in [0, 0.1) is 0 Å². The number of nitrogens with two attached hydrogens (primary N) is 1. The third kappa shape index (κ3) is 1.68. The number of aromatic amines is 1. The SMILES string of the molecule is Nn1c(=O)c(-n2ncc(=O)[nH]c2=O)nc2ccccc21. The summed E-state index contributed by atoms with van der Waals surface area (Å²) in [5.74, 6) is 5.40. The Morgan fingerprint density at radius 2 is 1.90 bits per heavy atom. The normalized spacial score (nSPS) is 10.8. The Kier molecular flexibility index (Phi) is 2.46. The van der Waals surface area contributed by atoms with Crippen molar-refractivity contribution in [2.45, 2.75) is 0 Å². The average molecular weight is 272 g/mol. The summed E-state index contributed by atoms with van der Waals surface area (Å²) in [6.07, 6.45) is 0.874. The molecule has 0 aliphatic heterocycles. The number of fused-ring (bicyclic) bond motifs is 1. The number of hydrogen-bond acceptors (Lipinski definition) is 6. The van der Waals surface area contributed by atoms with Gasteiger partial charge in [-0.2, -0.15) is 9.78 Å². The van der Waals surface area contributed by atoms with Crippen molar-refractivity contribution in [2.75, 3.05) is 5.84 Å². The van der Waals surface area contributed by atoms with Gasteiger partial charge in [0.2, 0.25) is 5.82 Å². The fraction of sp³-hybridized carbons (Fsp3) is 0. The number of rotatable bonds is 1. The van der Waals surface area contributed by atoms with Gasteiger partial charge in [0.25, 0.3) is 5.56 Å². The van der Waals surface area contributed by atoms with E-state index in [-0.39, 0.29) is 5.82 Å². The molecule has 0 spiro atoms. The highest BCUT2D eigenvalue weighted by Gasteiger charge is 2.13. The fourth-order valence-electron chi connectivity index (χ4n) is 1.78. The van der Waals surface area contributed by atoms with Gasteiger partial charge < -0.3 is 5.84 Å². The van der Waals surface area contributed by atoms with Crippen LogP contribution in [0.1, 0.15) is 0 Å². The maximum absolute atomic E-state index is 12.1. The van der Waals surface area contributed by atoms with Crippen LogP contribution in [0.25, 0.3) is 16.9 Å². The molecule has 0 saturated carbocycles. The van der Waals surface area contributed by atoms with Crippen molar-refractivity contribution in [1.29, 1.82) is 0 Å². The molecule has 2 aromatic heterocycles. The predicted molar refractivity (Wildman–Crippen MR) is 70.2 cm³/mol. The van der Waals surface area contributed by atoms with E-state index in [1.165, 1.54) is 0 Å². The zero-order chi connectivity index (χ0) is 14.3. The largest absolute Gasteiger partial charge is 0.351 e. The number of H-pyrrole nitrogens is 1. The van der Waals surface area contributed by atoms with Crippen molar-refractivity contribution >= 4 is 11.0 Å². The monoisotopic (exact) mass is 272 g/mol. The van der Waals surface area contributed by atoms with Crippen molar-refractivity contribution in [2.24, 2.45) is 0 Å². The molecule has 0 fully saturated rings. The molecule has 3 N–H and O–H groups in total. The molecule has 1 aromatic carbocycles. The quantitative estimate of drug-likeness (QED) is 0.510. The Morgan fingerprint density at radius 1 is 1.15 bits per heavy atom. The Morgan fingerprint density at radius 3 is 2.65 bits per heavy atom. The molecule has 9 nitrogen and oxygen atoms in total. The van der Waals surface area contributed by atoms with Crippen molar-refractivity contribution in [1.82, 2.24) is 24.4 Å². The average Bonchev–Trinajstić information content (AvgIpc) is 2.43. The molecule has 100 valence electrons. The molecule has 20 heavy (non-hydrogen) atoms. The second-order valence-corrected chi connectivity index (χ2v) is 3.95. The maximum Gasteiger partial charge on any atom is 0.351 e. The van der Waals surface area contributed by atoms with Gasteiger partial charge in [-0.25, -0.2) is 14.5 Å². The van der Waals surface area contributed by atoms with E-state index in [2.05, 4.69) is 10.1 Å². The van der Waals surface area contributed by atoms with Crippen LogP contribution >= 0.6 is 0 Å². The molecule has 0 saturated heterocycles. The van der Waals surface area contributed by atoms with E-state index in [4.69, 9.17) is 5.84 Å². The zero-order valence-corrected chi connectivity index (χ0v) is 9.98. The van der Waals surface area contributed by atoms with Crippen LogP contribution in [-0.2, 0) is 0 Å². The van der Waals surface area contributed by atoms with Gasteiger partial charge >= 0.3 is 11.2 Å². The van der Waals surface area contributed by atoms with Gasteiger partial charge in [0.1, 0.15) is 6.20 Å². The molecule has 0 unspecified atom stereocenters. The van der Waals surface area contributed by atoms with Gasteiger partial charge in [-0.3, -0.25) is 14.6 Å². The summed E-state index contributed by atoms with van der Waals surface area (Å²) in [6.45, 7) is 0. The third-order valence-electron chi connectivity index (χ3n) is 2.69. The number of nitrogens with zero attached hydrogens (tertiary/aromatic N) is 4. The van der Waals surface area contributed by atoms with Gasteiger partial charge in [0.15, 0.2) is 0 Å². The van der Waals surface area contributed by atoms with Crippen LogP contribution in [0.15, 0.2) is 44.8 Å². The Bertz CT molecular complexity index is 984. The highest BCUT2D eigenvalue weighted by Crippen LogP contribution is 2.08. The number of para-hydroxylation sites is 2. The predicted octanol–water partition coefficient (Wildman–Crippen LogP) is -1.66. The van der Waals surface area contributed by atoms with Crippen LogP contribution in [0.4, 0.5) is 0 Å². The molecule has 9 heteroatoms. The highest BCUT2D eigenvalue weighted by atomic mass is 16.2. The molecule has 0 atom stereocenters. The van der Waals surface area contributed by atoms with Crippen LogP contribution in [-0.4, -0.2) is 24.4 Å². The topological polar surface area (TPSA) is 129 Å². The first kappa shape index (κ1) is 11.8. The summed E-state index contributed by atoms with van der Waals surface area (Å²) in [4.78, 5) is 40.8. The lowest BCUT2D eigenvalue weighted by atomic mass is 10.3. The Labute approximate surface area is 109 Å². The lowest BCUT2D eigenvalue weighted by Crippen LogP contribution is -2.38. The molecule has 0 radical (unpaired) electrons. The van der Waals surface area contributed by atoms with E-state index in [0.717, 1.165) is 10.9 Å². The summed E-state index contributed by atoms with van der Waals surface area (Å²) in [5, 5.41) is 3.59. The first-order chi connectivity index (χ1) is 9.58. The number of nitrogens with one attached hydrogen (secondary N) is 1. The van der Waals surface area contributed by atoms with Crippen LogP contribution in [0.2, 0.25) is 0 Å². The van der Waals surface area contributed by atoms with E-state index >= 15 is 0 Å². The van der Waals surface area contributed by atoms with Gasteiger partial charge in [0.05, 0.1) is 11.0 Å². The number of hydrogen-bond donors (Lipinski definition) is 2. The van der Waals surface area contributed by atoms with Crippen molar-refractivity contribution in [3.8, 4) is 5.82 Å². The summed E-state index contributed by atoms with van der Waals surface area (Å²) >= 11 is 0. The molecule has 2 heterocycles. The van der Waals surface area contributed by atoms with Crippen LogP contribution in [0.3, 0.4) is 0 Å². The van der Waals surface area contributed by atoms with E-state index < -0.39 is 16.8 Å². The van der Waals surface area contributed by atoms with E-state index in [9.17, 15) is 14.4 Å². The van der Waals surface area contributed by atoms with E-state index in [1.54, 1.807) is 24.3 Å². The smallest absolute Gasteiger partial charge is 0.336 e. The van der Waals surface area contributed by atoms with E-state index in [1.807, 2.05) is 4.98 Å². The minimum atomic E-state index is -0.864. The second-order valence-electron chi connectivity index (χ2n) is 3.95. The molecule has 0 aliphatic carbocycles. The summed E-state index contributed by atoms with van der Waals surface area (Å²) < 4.78 is 1.57. The number of benzene rings is 1. The van der Waals surface area contributed by atoms with Crippen molar-refractivity contribution in [3.63, 3.8) is 0 Å². The number of nitrogen functional groups attached to an aromatic ring is 1. The van der Waals surface area contributed by atoms with Gasteiger partial charge in [0, 0.05) is 0 Å². The minimum Gasteiger partial charge on any atom is -0.336 e. The molecule has 0 aliphatic rings. The van der Waals surface area contributed by atoms with Gasteiger partial charge in [-0.15, -0.1) is 0 Å². The van der Waals surface area contributed by atoms with Crippen molar-refractivity contribution < 1.29 is 0 Å². The second kappa shape index (κ2) is 4.16. The zero-order valence-electron chi connectivity index (χ0n) is 9.98. The molecule has 3 rings (SSSR count). The highest BCUT2D eigenvalue weighted by molar-refractivity contribution is 5.75. The molecule has 3 aromatic rings. The van der Waals surface area contributed by atoms with E-state index in [0.29, 0.717) is 15.7 Å². The fourth-order valence-corrected chi connectivity index (χ4v) is 1.78. The third-order valence-corrected chi connectivity index (χ3v) is 2.69. The van der Waals surface area contributed by atoms with Gasteiger partial charge in [-0.05, 0) is 12.1 Å². The first-order valence-electron chi connectivity index (χ1n) is 5.54. The maximum atomic E-state index is 12.1. The lowest BCUT2D eigenvalue weighted by molar-refractivity contribution is 0.715. The first-order valence-corrected chi connectivity index (χ1v) is 5.54. The summed E-state index contributed by atoms with van der Waals surface area (Å²) in [7, 11) is 0. The van der Waals surface area contributed by atoms with Gasteiger partial charge in [-0.1, -0.05) is 12.1 Å². The summed E-state index contributed by atoms with van der Waals surface area (Å²) in [6, 6.07) is 6.68. The van der Waals surface area contributed by atoms with Crippen LogP contribution < -0.4 is 22.7 Å². The van der Waals surface area contributed by atoms with Crippen LogP contribution in [0.5, 0.6) is 0 Å². The number of aromatic nitrogens is 5. The molecule has 0 amide bonds. The minimum absolute atomic E-state index is 0.285. The lowest BCUT2D eigenvalue weighted by Gasteiger charge is -2.07. The summed E-state index contributed by atoms with van der Waals surface area (Å²) in [5.41, 5.74) is -1.40. The molecular formula is C11H8N6O3. The molecular weight excluding hydrogens is 264 g/mol. The standard InChI is InChI=1S/C11H8N6O3/c12-16-7-4-2-1-3-6(7)14-9(10(16)19)17-11(20)15-8(18)5-13-17/h1-5H,12H2,(H,15,18,20). The molecule has 0 bridgehead atoms.